The van der Waals surface area contributed by atoms with Crippen LogP contribution in [0.5, 0.6) is 5.75 Å². The van der Waals surface area contributed by atoms with E-state index in [2.05, 4.69) is 0 Å². The molecular formula is C21H16N2O6. The van der Waals surface area contributed by atoms with E-state index in [1.54, 1.807) is 6.07 Å². The zero-order valence-electron chi connectivity index (χ0n) is 15.1. The minimum absolute atomic E-state index is 0.0358. The number of aliphatic hydroxyl groups is 1. The van der Waals surface area contributed by atoms with Crippen LogP contribution in [0.2, 0.25) is 0 Å². The van der Waals surface area contributed by atoms with Gasteiger partial charge in [-0.2, -0.15) is 0 Å². The summed E-state index contributed by atoms with van der Waals surface area (Å²) in [6, 6.07) is 16.7. The topological polar surface area (TPSA) is 110 Å². The van der Waals surface area contributed by atoms with Crippen molar-refractivity contribution in [3.63, 3.8) is 0 Å². The largest absolute Gasteiger partial charge is 0.490 e. The summed E-state index contributed by atoms with van der Waals surface area (Å²) in [5.41, 5.74) is -0.222. The highest BCUT2D eigenvalue weighted by Gasteiger charge is 2.37. The Morgan fingerprint density at radius 3 is 2.52 bits per heavy atom. The Kier molecular flexibility index (Phi) is 4.69. The summed E-state index contributed by atoms with van der Waals surface area (Å²) in [4.78, 5) is 36.1. The molecule has 0 saturated carbocycles. The second-order valence-corrected chi connectivity index (χ2v) is 6.65. The summed E-state index contributed by atoms with van der Waals surface area (Å²) in [6.07, 6.45) is -1.12. The van der Waals surface area contributed by atoms with Gasteiger partial charge in [-0.3, -0.25) is 24.6 Å². The van der Waals surface area contributed by atoms with Gasteiger partial charge < -0.3 is 9.84 Å². The fourth-order valence-electron chi connectivity index (χ4n) is 3.33. The van der Waals surface area contributed by atoms with Crippen molar-refractivity contribution in [3.8, 4) is 5.75 Å². The summed E-state index contributed by atoms with van der Waals surface area (Å²) >= 11 is 0. The first-order chi connectivity index (χ1) is 14.0. The zero-order chi connectivity index (χ0) is 20.5. The number of nitrogens with zero attached hydrogens (tertiary/aromatic N) is 2. The maximum absolute atomic E-state index is 12.5. The molecule has 0 fully saturated rings. The van der Waals surface area contributed by atoms with Crippen molar-refractivity contribution < 1.29 is 24.4 Å². The van der Waals surface area contributed by atoms with E-state index in [-0.39, 0.29) is 30.0 Å². The summed E-state index contributed by atoms with van der Waals surface area (Å²) < 4.78 is 5.70. The fraction of sp³-hybridized carbons (Fsp3) is 0.143. The molecule has 146 valence electrons. The molecule has 1 atom stereocenters. The summed E-state index contributed by atoms with van der Waals surface area (Å²) in [5.74, 6) is -0.679. The number of rotatable bonds is 6. The van der Waals surface area contributed by atoms with E-state index in [4.69, 9.17) is 4.74 Å². The van der Waals surface area contributed by atoms with Gasteiger partial charge in [0, 0.05) is 17.5 Å². The van der Waals surface area contributed by atoms with Gasteiger partial charge in [0.1, 0.15) is 18.5 Å². The van der Waals surface area contributed by atoms with E-state index in [0.717, 1.165) is 21.7 Å². The number of benzene rings is 3. The fourth-order valence-corrected chi connectivity index (χ4v) is 3.33. The molecule has 0 saturated heterocycles. The number of ether oxygens (including phenoxy) is 1. The Morgan fingerprint density at radius 1 is 1.00 bits per heavy atom. The second-order valence-electron chi connectivity index (χ2n) is 6.65. The van der Waals surface area contributed by atoms with Crippen LogP contribution in [-0.2, 0) is 0 Å². The Labute approximate surface area is 165 Å². The lowest BCUT2D eigenvalue weighted by Gasteiger charge is -2.19. The van der Waals surface area contributed by atoms with E-state index in [1.807, 2.05) is 36.4 Å². The Morgan fingerprint density at radius 2 is 1.72 bits per heavy atom. The SMILES string of the molecule is O=C1c2ccc([N+](=O)[O-])cc2C(=O)N1CC(O)COc1cccc2ccccc12. The van der Waals surface area contributed by atoms with Crippen LogP contribution in [0.25, 0.3) is 10.8 Å². The van der Waals surface area contributed by atoms with Crippen molar-refractivity contribution in [1.82, 2.24) is 4.90 Å². The summed E-state index contributed by atoms with van der Waals surface area (Å²) in [5, 5.41) is 23.1. The van der Waals surface area contributed by atoms with E-state index < -0.39 is 22.8 Å². The zero-order valence-corrected chi connectivity index (χ0v) is 15.1. The van der Waals surface area contributed by atoms with E-state index in [1.165, 1.54) is 12.1 Å². The third-order valence-electron chi connectivity index (χ3n) is 4.74. The molecule has 1 N–H and O–H groups in total. The van der Waals surface area contributed by atoms with E-state index in [0.29, 0.717) is 5.75 Å². The lowest BCUT2D eigenvalue weighted by atomic mass is 10.1. The third kappa shape index (κ3) is 3.41. The number of hydrogen-bond donors (Lipinski definition) is 1. The minimum atomic E-state index is -1.12. The van der Waals surface area contributed by atoms with Crippen LogP contribution in [0.3, 0.4) is 0 Å². The van der Waals surface area contributed by atoms with E-state index in [9.17, 15) is 24.8 Å². The second kappa shape index (κ2) is 7.33. The van der Waals surface area contributed by atoms with Gasteiger partial charge in [-0.15, -0.1) is 0 Å². The highest BCUT2D eigenvalue weighted by molar-refractivity contribution is 6.21. The van der Waals surface area contributed by atoms with Gasteiger partial charge >= 0.3 is 0 Å². The van der Waals surface area contributed by atoms with Crippen molar-refractivity contribution in [2.24, 2.45) is 0 Å². The predicted octanol–water partition coefficient (Wildman–Crippen LogP) is 2.78. The number of carbonyl (C=O) groups excluding carboxylic acids is 2. The predicted molar refractivity (Wildman–Crippen MR) is 104 cm³/mol. The van der Waals surface area contributed by atoms with E-state index >= 15 is 0 Å². The number of fused-ring (bicyclic) bond motifs is 2. The molecule has 0 aliphatic carbocycles. The number of aliphatic hydroxyl groups excluding tert-OH is 1. The summed E-state index contributed by atoms with van der Waals surface area (Å²) in [6.45, 7) is -0.396. The average Bonchev–Trinajstić information content (AvgIpc) is 2.96. The lowest BCUT2D eigenvalue weighted by Crippen LogP contribution is -2.39. The van der Waals surface area contributed by atoms with Crippen molar-refractivity contribution in [3.05, 3.63) is 81.9 Å². The standard InChI is InChI=1S/C21H16N2O6/c24-15(12-29-19-7-3-5-13-4-1-2-6-16(13)19)11-22-20(25)17-9-8-14(23(27)28)10-18(17)21(22)26/h1-10,15,24H,11-12H2. The number of imide groups is 1. The molecule has 1 unspecified atom stereocenters. The first kappa shape index (κ1) is 18.6. The van der Waals surface area contributed by atoms with Gasteiger partial charge in [-0.25, -0.2) is 0 Å². The van der Waals surface area contributed by atoms with Crippen LogP contribution >= 0.6 is 0 Å². The molecule has 0 bridgehead atoms. The van der Waals surface area contributed by atoms with Gasteiger partial charge in [-0.1, -0.05) is 36.4 Å². The van der Waals surface area contributed by atoms with Crippen molar-refractivity contribution in [2.75, 3.05) is 13.2 Å². The molecule has 0 radical (unpaired) electrons. The van der Waals surface area contributed by atoms with Gasteiger partial charge in [-0.05, 0) is 17.5 Å². The smallest absolute Gasteiger partial charge is 0.270 e. The number of β-amino-alcohol motifs (C(OH)–C–C–N with tert-alkyl or cyclic N) is 1. The van der Waals surface area contributed by atoms with Crippen LogP contribution in [0.15, 0.2) is 60.7 Å². The molecule has 3 aromatic rings. The molecule has 0 aromatic heterocycles. The van der Waals surface area contributed by atoms with Crippen LogP contribution in [-0.4, -0.2) is 46.0 Å². The van der Waals surface area contributed by atoms with Gasteiger partial charge in [0.15, 0.2) is 0 Å². The molecule has 1 aliphatic heterocycles. The number of amides is 2. The van der Waals surface area contributed by atoms with Crippen LogP contribution in [0.1, 0.15) is 20.7 Å². The number of nitro groups is 1. The molecule has 1 heterocycles. The molecular weight excluding hydrogens is 376 g/mol. The normalized spacial score (nSPS) is 14.2. The van der Waals surface area contributed by atoms with Gasteiger partial charge in [0.2, 0.25) is 0 Å². The molecule has 1 aliphatic rings. The minimum Gasteiger partial charge on any atom is -0.490 e. The highest BCUT2D eigenvalue weighted by atomic mass is 16.6. The molecule has 29 heavy (non-hydrogen) atoms. The monoisotopic (exact) mass is 392 g/mol. The Hall–Kier alpha value is -3.78. The third-order valence-corrected chi connectivity index (χ3v) is 4.74. The number of non-ortho nitro benzene ring substituents is 1. The Balaban J connectivity index is 1.46. The number of nitro benzene ring substituents is 1. The molecule has 4 rings (SSSR count). The number of hydrogen-bond acceptors (Lipinski definition) is 6. The van der Waals surface area contributed by atoms with Crippen LogP contribution in [0.4, 0.5) is 5.69 Å². The molecule has 0 spiro atoms. The highest BCUT2D eigenvalue weighted by Crippen LogP contribution is 2.28. The average molecular weight is 392 g/mol. The maximum atomic E-state index is 12.5. The molecule has 3 aromatic carbocycles. The van der Waals surface area contributed by atoms with Crippen LogP contribution < -0.4 is 4.74 Å². The van der Waals surface area contributed by atoms with Crippen molar-refractivity contribution in [2.45, 2.75) is 6.10 Å². The first-order valence-corrected chi connectivity index (χ1v) is 8.89. The Bertz CT molecular complexity index is 1140. The lowest BCUT2D eigenvalue weighted by molar-refractivity contribution is -0.384. The van der Waals surface area contributed by atoms with Crippen LogP contribution in [0, 0.1) is 10.1 Å². The quantitative estimate of drug-likeness (QED) is 0.392. The number of carbonyl (C=O) groups is 2. The maximum Gasteiger partial charge on any atom is 0.270 e. The molecule has 8 nitrogen and oxygen atoms in total. The van der Waals surface area contributed by atoms with Crippen molar-refractivity contribution >= 4 is 28.3 Å². The molecule has 2 amide bonds. The molecule has 8 heteroatoms. The summed E-state index contributed by atoms with van der Waals surface area (Å²) in [7, 11) is 0. The first-order valence-electron chi connectivity index (χ1n) is 8.89. The van der Waals surface area contributed by atoms with Gasteiger partial charge in [0.25, 0.3) is 17.5 Å². The van der Waals surface area contributed by atoms with Crippen molar-refractivity contribution in [1.29, 1.82) is 0 Å². The van der Waals surface area contributed by atoms with Gasteiger partial charge in [0.05, 0.1) is 22.6 Å².